The molecule has 2 aromatic rings. The van der Waals surface area contributed by atoms with Crippen molar-refractivity contribution < 1.29 is 56.8 Å². The summed E-state index contributed by atoms with van der Waals surface area (Å²) in [6, 6.07) is 7.07. The second kappa shape index (κ2) is 16.6. The molecule has 0 bridgehead atoms. The monoisotopic (exact) mass is 618 g/mol. The van der Waals surface area contributed by atoms with Gasteiger partial charge in [0.2, 0.25) is 0 Å². The Morgan fingerprint density at radius 3 is 2.33 bits per heavy atom. The topological polar surface area (TPSA) is 203 Å². The molecule has 234 valence electrons. The highest BCUT2D eigenvalue weighted by Gasteiger charge is 2.50. The number of aromatic amines is 1. The summed E-state index contributed by atoms with van der Waals surface area (Å²) < 4.78 is 57.5. The summed E-state index contributed by atoms with van der Waals surface area (Å²) in [6.45, 7) is 1.69. The lowest BCUT2D eigenvalue weighted by Gasteiger charge is -2.25. The lowest BCUT2D eigenvalue weighted by molar-refractivity contribution is -0.142. The molecule has 0 aliphatic carbocycles. The third kappa shape index (κ3) is 10.1. The Morgan fingerprint density at radius 1 is 1.05 bits per heavy atom. The molecule has 1 aromatic carbocycles. The summed E-state index contributed by atoms with van der Waals surface area (Å²) in [7, 11) is -2.99. The molecule has 42 heavy (non-hydrogen) atoms. The van der Waals surface area contributed by atoms with E-state index in [-0.39, 0.29) is 32.2 Å². The number of hydrogen-bond acceptors (Lipinski definition) is 14. The maximum atomic E-state index is 13.8. The number of methoxy groups -OCH3 is 1. The molecule has 1 saturated heterocycles. The maximum Gasteiger partial charge on any atom is 0.530 e. The van der Waals surface area contributed by atoms with Gasteiger partial charge in [-0.3, -0.25) is 28.2 Å². The molecule has 0 spiro atoms. The number of nitrogens with one attached hydrogen (secondary N) is 1. The molecule has 1 aromatic heterocycles. The fourth-order valence-corrected chi connectivity index (χ4v) is 5.11. The van der Waals surface area contributed by atoms with Gasteiger partial charge in [0, 0.05) is 26.3 Å². The Bertz CT molecular complexity index is 1280. The van der Waals surface area contributed by atoms with Crippen molar-refractivity contribution in [1.29, 1.82) is 0 Å². The van der Waals surface area contributed by atoms with Crippen LogP contribution >= 0.6 is 7.82 Å². The van der Waals surface area contributed by atoms with E-state index >= 15 is 0 Å². The van der Waals surface area contributed by atoms with E-state index in [1.165, 1.54) is 19.1 Å². The summed E-state index contributed by atoms with van der Waals surface area (Å²) >= 11 is 0. The average molecular weight is 619 g/mol. The lowest BCUT2D eigenvalue weighted by Crippen LogP contribution is -2.39. The van der Waals surface area contributed by atoms with E-state index in [0.717, 1.165) is 16.8 Å². The number of ether oxygens (including phenoxy) is 5. The van der Waals surface area contributed by atoms with Gasteiger partial charge in [-0.2, -0.15) is 0 Å². The predicted molar refractivity (Wildman–Crippen MR) is 143 cm³/mol. The first kappa shape index (κ1) is 33.6. The molecule has 3 rings (SSSR count). The summed E-state index contributed by atoms with van der Waals surface area (Å²) in [5, 5.41) is 20.8. The summed E-state index contributed by atoms with van der Waals surface area (Å²) in [6.07, 6.45) is -4.67. The van der Waals surface area contributed by atoms with E-state index in [0.29, 0.717) is 25.4 Å². The maximum absolute atomic E-state index is 13.8. The first-order valence-electron chi connectivity index (χ1n) is 12.9. The highest BCUT2D eigenvalue weighted by molar-refractivity contribution is 7.49. The van der Waals surface area contributed by atoms with Gasteiger partial charge in [0.05, 0.1) is 46.2 Å². The van der Waals surface area contributed by atoms with E-state index in [4.69, 9.17) is 37.3 Å². The van der Waals surface area contributed by atoms with Crippen LogP contribution in [0.25, 0.3) is 0 Å². The molecular formula is C25H35N2O14P. The molecule has 17 heteroatoms. The van der Waals surface area contributed by atoms with E-state index in [1.54, 1.807) is 19.2 Å². The highest BCUT2D eigenvalue weighted by Crippen LogP contribution is 2.53. The third-order valence-corrected chi connectivity index (χ3v) is 7.16. The van der Waals surface area contributed by atoms with Crippen molar-refractivity contribution in [3.8, 4) is 5.75 Å². The van der Waals surface area contributed by atoms with Crippen molar-refractivity contribution in [3.05, 3.63) is 62.9 Å². The van der Waals surface area contributed by atoms with E-state index < -0.39 is 56.2 Å². The number of nitrogens with zero attached hydrogens (tertiary/aromatic N) is 1. The van der Waals surface area contributed by atoms with Gasteiger partial charge in [0.1, 0.15) is 30.7 Å². The van der Waals surface area contributed by atoms with Gasteiger partial charge in [-0.1, -0.05) is 12.1 Å². The first-order valence-corrected chi connectivity index (χ1v) is 14.4. The fraction of sp³-hybridized carbons (Fsp3) is 0.560. The summed E-state index contributed by atoms with van der Waals surface area (Å²) in [5.41, 5.74) is -0.912. The average Bonchev–Trinajstić information content (AvgIpc) is 3.26. The number of rotatable bonds is 18. The number of phosphoric acid groups is 1. The SMILES string of the molecule is COCCOCCOCCOP(=O)(Oc1ccc(COC(C)=O)cc1)OC1C(O)[C@H](n2ccc(=O)[nH]c2=O)O[C@@H]1CO. The number of carbonyl (C=O) groups is 1. The van der Waals surface area contributed by atoms with E-state index in [1.807, 2.05) is 4.98 Å². The highest BCUT2D eigenvalue weighted by atomic mass is 31.2. The zero-order valence-corrected chi connectivity index (χ0v) is 24.0. The number of aliphatic hydroxyl groups excluding tert-OH is 2. The number of aromatic nitrogens is 2. The minimum atomic E-state index is -4.54. The minimum absolute atomic E-state index is 0.0160. The van der Waals surface area contributed by atoms with E-state index in [2.05, 4.69) is 0 Å². The van der Waals surface area contributed by atoms with Crippen LogP contribution in [0.15, 0.2) is 46.1 Å². The Balaban J connectivity index is 1.72. The predicted octanol–water partition coefficient (Wildman–Crippen LogP) is 0.119. The van der Waals surface area contributed by atoms with Crippen LogP contribution in [0.1, 0.15) is 18.7 Å². The van der Waals surface area contributed by atoms with Crippen molar-refractivity contribution in [2.24, 2.45) is 0 Å². The van der Waals surface area contributed by atoms with E-state index in [9.17, 15) is 29.2 Å². The molecule has 0 saturated carbocycles. The second-order valence-electron chi connectivity index (χ2n) is 8.84. The van der Waals surface area contributed by atoms with Crippen molar-refractivity contribution in [1.82, 2.24) is 9.55 Å². The second-order valence-corrected chi connectivity index (χ2v) is 10.4. The van der Waals surface area contributed by atoms with Crippen LogP contribution in [0, 0.1) is 0 Å². The van der Waals surface area contributed by atoms with Crippen LogP contribution < -0.4 is 15.8 Å². The largest absolute Gasteiger partial charge is 0.530 e. The smallest absolute Gasteiger partial charge is 0.461 e. The Labute approximate surface area is 240 Å². The molecule has 16 nitrogen and oxygen atoms in total. The van der Waals surface area contributed by atoms with Crippen molar-refractivity contribution in [3.63, 3.8) is 0 Å². The summed E-state index contributed by atoms with van der Waals surface area (Å²) in [5.74, 6) is -0.400. The standard InChI is InChI=1S/C25H35N2O14P/c1-17(29)37-16-18-3-5-19(6-4-18)40-42(33,38-14-13-36-12-11-35-10-9-34-2)41-23-20(15-28)39-24(22(23)31)27-8-7-21(30)26-25(27)32/h3-8,20,22-24,28,31H,9-16H2,1-2H3,(H,26,30,32)/t20-,22?,23?,24-,42?/m1/s1. The molecule has 0 radical (unpaired) electrons. The number of hydrogen-bond donors (Lipinski definition) is 3. The van der Waals surface area contributed by atoms with Crippen LogP contribution in [0.4, 0.5) is 0 Å². The molecule has 3 unspecified atom stereocenters. The fourth-order valence-electron chi connectivity index (χ4n) is 3.71. The quantitative estimate of drug-likeness (QED) is 0.115. The Morgan fingerprint density at radius 2 is 1.71 bits per heavy atom. The molecule has 1 aliphatic heterocycles. The normalized spacial score (nSPS) is 21.6. The van der Waals surface area contributed by atoms with Gasteiger partial charge in [0.15, 0.2) is 6.23 Å². The number of H-pyrrole nitrogens is 1. The molecule has 1 aliphatic rings. The van der Waals surface area contributed by atoms with Gasteiger partial charge in [-0.25, -0.2) is 9.36 Å². The minimum Gasteiger partial charge on any atom is -0.461 e. The molecule has 0 amide bonds. The number of esters is 1. The molecule has 2 heterocycles. The number of carbonyl (C=O) groups excluding carboxylic acids is 1. The van der Waals surface area contributed by atoms with Crippen LogP contribution in [0.5, 0.6) is 5.75 Å². The van der Waals surface area contributed by atoms with Crippen LogP contribution in [0.3, 0.4) is 0 Å². The van der Waals surface area contributed by atoms with Gasteiger partial charge < -0.3 is 38.4 Å². The van der Waals surface area contributed by atoms with Crippen LogP contribution in [0.2, 0.25) is 0 Å². The van der Waals surface area contributed by atoms with Gasteiger partial charge in [0.25, 0.3) is 5.56 Å². The van der Waals surface area contributed by atoms with Crippen LogP contribution in [-0.2, 0) is 48.7 Å². The first-order chi connectivity index (χ1) is 20.2. The Hall–Kier alpha value is -2.92. The van der Waals surface area contributed by atoms with Gasteiger partial charge >= 0.3 is 19.5 Å². The number of phosphoric ester groups is 1. The number of benzene rings is 1. The van der Waals surface area contributed by atoms with Crippen LogP contribution in [-0.4, -0.2) is 97.4 Å². The molecular weight excluding hydrogens is 583 g/mol. The summed E-state index contributed by atoms with van der Waals surface area (Å²) in [4.78, 5) is 36.8. The molecule has 3 N–H and O–H groups in total. The van der Waals surface area contributed by atoms with Crippen molar-refractivity contribution in [2.45, 2.75) is 38.1 Å². The Kier molecular flexibility index (Phi) is 13.3. The lowest BCUT2D eigenvalue weighted by atomic mass is 10.1. The van der Waals surface area contributed by atoms with Gasteiger partial charge in [-0.15, -0.1) is 0 Å². The van der Waals surface area contributed by atoms with Crippen molar-refractivity contribution in [2.75, 3.05) is 53.4 Å². The zero-order chi connectivity index (χ0) is 30.5. The molecule has 5 atom stereocenters. The zero-order valence-electron chi connectivity index (χ0n) is 23.1. The third-order valence-electron chi connectivity index (χ3n) is 5.73. The molecule has 1 fully saturated rings. The number of aliphatic hydroxyl groups is 2. The van der Waals surface area contributed by atoms with Crippen molar-refractivity contribution >= 4 is 13.8 Å². The van der Waals surface area contributed by atoms with Gasteiger partial charge in [-0.05, 0) is 17.7 Å².